The molecule has 0 atom stereocenters. The maximum atomic E-state index is 11.9. The molecule has 0 aliphatic rings. The Labute approximate surface area is 160 Å². The van der Waals surface area contributed by atoms with E-state index in [1.165, 1.54) is 13.4 Å². The molecule has 0 unspecified atom stereocenters. The number of nitrogens with zero attached hydrogens (tertiary/aromatic N) is 2. The first-order valence-corrected chi connectivity index (χ1v) is 8.31. The van der Waals surface area contributed by atoms with Gasteiger partial charge < -0.3 is 15.4 Å². The third kappa shape index (κ3) is 4.04. The van der Waals surface area contributed by atoms with Crippen molar-refractivity contribution >= 4 is 52.2 Å². The van der Waals surface area contributed by atoms with E-state index in [0.717, 1.165) is 0 Å². The Balaban J connectivity index is 1.85. The van der Waals surface area contributed by atoms with Crippen molar-refractivity contribution in [2.45, 2.75) is 0 Å². The van der Waals surface area contributed by atoms with Crippen molar-refractivity contribution < 1.29 is 9.53 Å². The van der Waals surface area contributed by atoms with Gasteiger partial charge in [0.1, 0.15) is 18.0 Å². The first-order valence-electron chi connectivity index (χ1n) is 7.56. The van der Waals surface area contributed by atoms with Crippen molar-refractivity contribution in [1.29, 1.82) is 0 Å². The van der Waals surface area contributed by atoms with Crippen molar-refractivity contribution in [2.24, 2.45) is 0 Å². The molecule has 0 saturated heterocycles. The molecular weight excluding hydrogens is 375 g/mol. The van der Waals surface area contributed by atoms with Gasteiger partial charge in [-0.15, -0.1) is 0 Å². The highest BCUT2D eigenvalue weighted by Gasteiger charge is 2.12. The summed E-state index contributed by atoms with van der Waals surface area (Å²) in [4.78, 5) is 20.2. The Kier molecular flexibility index (Phi) is 5.55. The summed E-state index contributed by atoms with van der Waals surface area (Å²) in [6.07, 6.45) is 1.39. The van der Waals surface area contributed by atoms with Gasteiger partial charge in [0.05, 0.1) is 34.1 Å². The molecule has 0 amide bonds. The first-order chi connectivity index (χ1) is 12.6. The van der Waals surface area contributed by atoms with Crippen LogP contribution in [0.4, 0.5) is 23.0 Å². The average Bonchev–Trinajstić information content (AvgIpc) is 2.66. The minimum absolute atomic E-state index is 0.401. The van der Waals surface area contributed by atoms with Crippen LogP contribution >= 0.6 is 23.2 Å². The Bertz CT molecular complexity index is 950. The highest BCUT2D eigenvalue weighted by atomic mass is 35.5. The van der Waals surface area contributed by atoms with Crippen molar-refractivity contribution in [1.82, 2.24) is 9.97 Å². The number of esters is 1. The number of carbonyl (C=O) groups is 1. The van der Waals surface area contributed by atoms with E-state index < -0.39 is 5.97 Å². The van der Waals surface area contributed by atoms with Crippen LogP contribution in [0.3, 0.4) is 0 Å². The van der Waals surface area contributed by atoms with E-state index in [1.807, 2.05) is 0 Å². The van der Waals surface area contributed by atoms with E-state index in [9.17, 15) is 4.79 Å². The minimum Gasteiger partial charge on any atom is -0.465 e. The summed E-state index contributed by atoms with van der Waals surface area (Å²) in [5.74, 6) is 0.574. The van der Waals surface area contributed by atoms with Crippen LogP contribution in [0.15, 0.2) is 54.9 Å². The van der Waals surface area contributed by atoms with Crippen LogP contribution in [-0.4, -0.2) is 23.0 Å². The number of hydrogen-bond donors (Lipinski definition) is 2. The molecule has 8 heteroatoms. The van der Waals surface area contributed by atoms with Gasteiger partial charge in [-0.05, 0) is 24.3 Å². The summed E-state index contributed by atoms with van der Waals surface area (Å²) >= 11 is 12.2. The van der Waals surface area contributed by atoms with Gasteiger partial charge in [0.15, 0.2) is 0 Å². The second kappa shape index (κ2) is 8.03. The molecule has 2 aromatic carbocycles. The molecule has 26 heavy (non-hydrogen) atoms. The quantitative estimate of drug-likeness (QED) is 0.595. The number of hydrogen-bond acceptors (Lipinski definition) is 6. The third-order valence-electron chi connectivity index (χ3n) is 3.48. The lowest BCUT2D eigenvalue weighted by atomic mass is 10.2. The average molecular weight is 389 g/mol. The molecule has 0 fully saturated rings. The Morgan fingerprint density at radius 2 is 1.62 bits per heavy atom. The molecule has 3 aromatic rings. The molecule has 6 nitrogen and oxygen atoms in total. The summed E-state index contributed by atoms with van der Waals surface area (Å²) in [6.45, 7) is 0. The van der Waals surface area contributed by atoms with Crippen LogP contribution in [0.2, 0.25) is 10.0 Å². The van der Waals surface area contributed by atoms with Gasteiger partial charge in [-0.3, -0.25) is 0 Å². The van der Waals surface area contributed by atoms with Gasteiger partial charge in [0, 0.05) is 6.07 Å². The van der Waals surface area contributed by atoms with E-state index in [2.05, 4.69) is 20.6 Å². The lowest BCUT2D eigenvalue weighted by molar-refractivity contribution is 0.0602. The molecule has 0 spiro atoms. The number of carbonyl (C=O) groups excluding carboxylic acids is 1. The van der Waals surface area contributed by atoms with Gasteiger partial charge in [0.2, 0.25) is 0 Å². The highest BCUT2D eigenvalue weighted by Crippen LogP contribution is 2.31. The number of anilines is 4. The number of ether oxygens (including phenoxy) is 1. The molecule has 1 aromatic heterocycles. The summed E-state index contributed by atoms with van der Waals surface area (Å²) in [5.41, 5.74) is 1.60. The number of methoxy groups -OCH3 is 1. The van der Waals surface area contributed by atoms with E-state index >= 15 is 0 Å². The number of nitrogens with one attached hydrogen (secondary N) is 2. The van der Waals surface area contributed by atoms with Crippen LogP contribution in [0.5, 0.6) is 0 Å². The van der Waals surface area contributed by atoms with E-state index in [0.29, 0.717) is 38.6 Å². The third-order valence-corrected chi connectivity index (χ3v) is 4.30. The Morgan fingerprint density at radius 3 is 2.35 bits per heavy atom. The van der Waals surface area contributed by atoms with Gasteiger partial charge in [-0.25, -0.2) is 14.8 Å². The summed E-state index contributed by atoms with van der Waals surface area (Å²) in [5, 5.41) is 7.02. The van der Waals surface area contributed by atoms with Gasteiger partial charge in [-0.1, -0.05) is 41.4 Å². The van der Waals surface area contributed by atoms with Crippen LogP contribution in [0.25, 0.3) is 0 Å². The monoisotopic (exact) mass is 388 g/mol. The van der Waals surface area contributed by atoms with Crippen molar-refractivity contribution in [3.05, 3.63) is 70.5 Å². The lowest BCUT2D eigenvalue weighted by Gasteiger charge is -2.12. The first kappa shape index (κ1) is 18.0. The van der Waals surface area contributed by atoms with Gasteiger partial charge >= 0.3 is 5.97 Å². The standard InChI is InChI=1S/C18H14Cl2N4O2/c1-26-18(25)11-5-2-3-7-13(11)23-15-9-16(22-10-21-15)24-14-8-4-6-12(19)17(14)20/h2-10H,1H3,(H2,21,22,23,24). The molecule has 0 aliphatic carbocycles. The number of halogens is 2. The van der Waals surface area contributed by atoms with Gasteiger partial charge in [-0.2, -0.15) is 0 Å². The summed E-state index contributed by atoms with van der Waals surface area (Å²) in [7, 11) is 1.33. The van der Waals surface area contributed by atoms with E-state index in [-0.39, 0.29) is 0 Å². The molecule has 0 saturated carbocycles. The summed E-state index contributed by atoms with van der Waals surface area (Å²) in [6, 6.07) is 13.9. The van der Waals surface area contributed by atoms with Crippen molar-refractivity contribution in [3.8, 4) is 0 Å². The zero-order valence-corrected chi connectivity index (χ0v) is 15.2. The topological polar surface area (TPSA) is 76.1 Å². The van der Waals surface area contributed by atoms with E-state index in [4.69, 9.17) is 27.9 Å². The Morgan fingerprint density at radius 1 is 0.962 bits per heavy atom. The predicted molar refractivity (Wildman–Crippen MR) is 103 cm³/mol. The van der Waals surface area contributed by atoms with Crippen LogP contribution in [0.1, 0.15) is 10.4 Å². The van der Waals surface area contributed by atoms with Gasteiger partial charge in [0.25, 0.3) is 0 Å². The second-order valence-electron chi connectivity index (χ2n) is 5.18. The molecule has 0 bridgehead atoms. The molecule has 0 aliphatic heterocycles. The molecule has 132 valence electrons. The number of aromatic nitrogens is 2. The largest absolute Gasteiger partial charge is 0.465 e. The zero-order chi connectivity index (χ0) is 18.5. The Hall–Kier alpha value is -2.83. The number of rotatable bonds is 5. The fourth-order valence-electron chi connectivity index (χ4n) is 2.25. The van der Waals surface area contributed by atoms with Crippen molar-refractivity contribution in [2.75, 3.05) is 17.7 Å². The SMILES string of the molecule is COC(=O)c1ccccc1Nc1cc(Nc2cccc(Cl)c2Cl)ncn1. The van der Waals surface area contributed by atoms with Crippen molar-refractivity contribution in [3.63, 3.8) is 0 Å². The zero-order valence-electron chi connectivity index (χ0n) is 13.7. The van der Waals surface area contributed by atoms with Crippen LogP contribution < -0.4 is 10.6 Å². The predicted octanol–water partition coefficient (Wildman–Crippen LogP) is 5.06. The fraction of sp³-hybridized carbons (Fsp3) is 0.0556. The molecule has 2 N–H and O–H groups in total. The second-order valence-corrected chi connectivity index (χ2v) is 5.96. The maximum absolute atomic E-state index is 11.9. The maximum Gasteiger partial charge on any atom is 0.339 e. The fourth-order valence-corrected chi connectivity index (χ4v) is 2.60. The van der Waals surface area contributed by atoms with Crippen LogP contribution in [-0.2, 0) is 4.74 Å². The molecule has 1 heterocycles. The van der Waals surface area contributed by atoms with E-state index in [1.54, 1.807) is 48.5 Å². The molecule has 3 rings (SSSR count). The minimum atomic E-state index is -0.439. The highest BCUT2D eigenvalue weighted by molar-refractivity contribution is 6.43. The molecule has 0 radical (unpaired) electrons. The number of para-hydroxylation sites is 1. The number of benzene rings is 2. The molecular formula is C18H14Cl2N4O2. The normalized spacial score (nSPS) is 10.3. The summed E-state index contributed by atoms with van der Waals surface area (Å²) < 4.78 is 4.79. The van der Waals surface area contributed by atoms with Crippen LogP contribution in [0, 0.1) is 0 Å². The lowest BCUT2D eigenvalue weighted by Crippen LogP contribution is -2.06. The smallest absolute Gasteiger partial charge is 0.339 e.